The molecule has 1 saturated carbocycles. The molecule has 1 saturated heterocycles. The van der Waals surface area contributed by atoms with E-state index in [1.54, 1.807) is 0 Å². The summed E-state index contributed by atoms with van der Waals surface area (Å²) >= 11 is 0. The fraction of sp³-hybridized carbons (Fsp3) is 0.909. The Kier molecular flexibility index (Phi) is 3.25. The van der Waals surface area contributed by atoms with E-state index in [1.165, 1.54) is 0 Å². The first-order valence-corrected chi connectivity index (χ1v) is 5.64. The second-order valence-electron chi connectivity index (χ2n) is 4.58. The van der Waals surface area contributed by atoms with E-state index in [0.717, 1.165) is 32.3 Å². The van der Waals surface area contributed by atoms with Crippen molar-refractivity contribution < 1.29 is 9.47 Å². The topological polar surface area (TPSA) is 68.3 Å². The number of nitriles is 1. The highest BCUT2D eigenvalue weighted by Crippen LogP contribution is 2.38. The Balaban J connectivity index is 1.69. The molecule has 0 aromatic carbocycles. The van der Waals surface area contributed by atoms with Crippen LogP contribution in [0.3, 0.4) is 0 Å². The van der Waals surface area contributed by atoms with Gasteiger partial charge in [-0.2, -0.15) is 5.26 Å². The lowest BCUT2D eigenvalue weighted by Crippen LogP contribution is -2.45. The van der Waals surface area contributed by atoms with Crippen molar-refractivity contribution in [3.63, 3.8) is 0 Å². The molecule has 2 rings (SSSR count). The standard InChI is InChI=1S/C11H18N2O2/c12-7-11(13,9-3-4-9)8-14-6-10-2-1-5-15-10/h9-10H,1-6,8,13H2. The Morgan fingerprint density at radius 2 is 2.27 bits per heavy atom. The summed E-state index contributed by atoms with van der Waals surface area (Å²) in [5.41, 5.74) is 5.20. The zero-order chi connectivity index (χ0) is 10.7. The van der Waals surface area contributed by atoms with Crippen LogP contribution >= 0.6 is 0 Å². The first-order chi connectivity index (χ1) is 7.24. The van der Waals surface area contributed by atoms with E-state index in [-0.39, 0.29) is 6.10 Å². The number of rotatable bonds is 5. The van der Waals surface area contributed by atoms with Gasteiger partial charge in [-0.1, -0.05) is 0 Å². The molecule has 2 aliphatic rings. The predicted molar refractivity (Wildman–Crippen MR) is 55.0 cm³/mol. The molecule has 1 aliphatic heterocycles. The summed E-state index contributed by atoms with van der Waals surface area (Å²) in [6, 6.07) is 2.18. The molecule has 4 heteroatoms. The number of ether oxygens (including phenoxy) is 2. The molecule has 4 nitrogen and oxygen atoms in total. The Hall–Kier alpha value is -0.630. The lowest BCUT2D eigenvalue weighted by Gasteiger charge is -2.21. The molecule has 15 heavy (non-hydrogen) atoms. The highest BCUT2D eigenvalue weighted by Gasteiger charge is 2.43. The van der Waals surface area contributed by atoms with Crippen LogP contribution < -0.4 is 5.73 Å². The Morgan fingerprint density at radius 3 is 2.80 bits per heavy atom. The molecule has 1 aliphatic carbocycles. The molecule has 2 fully saturated rings. The maximum Gasteiger partial charge on any atom is 0.130 e. The average Bonchev–Trinajstić information content (AvgIpc) is 2.98. The van der Waals surface area contributed by atoms with Gasteiger partial charge in [-0.25, -0.2) is 0 Å². The van der Waals surface area contributed by atoms with Crippen molar-refractivity contribution in [2.75, 3.05) is 19.8 Å². The maximum atomic E-state index is 9.00. The quantitative estimate of drug-likeness (QED) is 0.729. The largest absolute Gasteiger partial charge is 0.376 e. The van der Waals surface area contributed by atoms with Crippen molar-refractivity contribution in [3.8, 4) is 6.07 Å². The van der Waals surface area contributed by atoms with Gasteiger partial charge >= 0.3 is 0 Å². The van der Waals surface area contributed by atoms with Gasteiger partial charge < -0.3 is 15.2 Å². The minimum atomic E-state index is -0.765. The minimum Gasteiger partial charge on any atom is -0.376 e. The first-order valence-electron chi connectivity index (χ1n) is 5.64. The molecular formula is C11H18N2O2. The monoisotopic (exact) mass is 210 g/mol. The normalized spacial score (nSPS) is 29.7. The summed E-state index contributed by atoms with van der Waals surface area (Å²) in [6.07, 6.45) is 4.52. The highest BCUT2D eigenvalue weighted by molar-refractivity contribution is 5.13. The van der Waals surface area contributed by atoms with E-state index in [9.17, 15) is 0 Å². The third-order valence-electron chi connectivity index (χ3n) is 3.18. The van der Waals surface area contributed by atoms with Crippen molar-refractivity contribution >= 4 is 0 Å². The van der Waals surface area contributed by atoms with Crippen LogP contribution in [0.2, 0.25) is 0 Å². The van der Waals surface area contributed by atoms with Crippen LogP contribution in [0, 0.1) is 17.2 Å². The van der Waals surface area contributed by atoms with Crippen molar-refractivity contribution in [2.24, 2.45) is 11.7 Å². The third-order valence-corrected chi connectivity index (χ3v) is 3.18. The van der Waals surface area contributed by atoms with Gasteiger partial charge in [0.2, 0.25) is 0 Å². The summed E-state index contributed by atoms with van der Waals surface area (Å²) in [5, 5.41) is 9.00. The van der Waals surface area contributed by atoms with Crippen molar-refractivity contribution in [2.45, 2.75) is 37.3 Å². The van der Waals surface area contributed by atoms with Gasteiger partial charge in [0.25, 0.3) is 0 Å². The van der Waals surface area contributed by atoms with Crippen LogP contribution in [-0.4, -0.2) is 31.5 Å². The van der Waals surface area contributed by atoms with Gasteiger partial charge in [0, 0.05) is 6.61 Å². The van der Waals surface area contributed by atoms with E-state index in [2.05, 4.69) is 6.07 Å². The summed E-state index contributed by atoms with van der Waals surface area (Å²) < 4.78 is 10.9. The predicted octanol–water partition coefficient (Wildman–Crippen LogP) is 0.813. The van der Waals surface area contributed by atoms with Crippen molar-refractivity contribution in [1.29, 1.82) is 5.26 Å². The molecule has 0 bridgehead atoms. The van der Waals surface area contributed by atoms with E-state index in [4.69, 9.17) is 20.5 Å². The van der Waals surface area contributed by atoms with Gasteiger partial charge in [-0.3, -0.25) is 0 Å². The van der Waals surface area contributed by atoms with Gasteiger partial charge in [-0.05, 0) is 31.6 Å². The highest BCUT2D eigenvalue weighted by atomic mass is 16.5. The van der Waals surface area contributed by atoms with Gasteiger partial charge in [0.15, 0.2) is 0 Å². The number of nitrogens with two attached hydrogens (primary N) is 1. The van der Waals surface area contributed by atoms with Gasteiger partial charge in [-0.15, -0.1) is 0 Å². The number of hydrogen-bond donors (Lipinski definition) is 1. The Bertz CT molecular complexity index is 254. The fourth-order valence-electron chi connectivity index (χ4n) is 1.97. The second kappa shape index (κ2) is 4.48. The van der Waals surface area contributed by atoms with Gasteiger partial charge in [0.05, 0.1) is 25.4 Å². The van der Waals surface area contributed by atoms with E-state index >= 15 is 0 Å². The summed E-state index contributed by atoms with van der Waals surface area (Å²) in [7, 11) is 0. The van der Waals surface area contributed by atoms with Crippen LogP contribution in [0.1, 0.15) is 25.7 Å². The Morgan fingerprint density at radius 1 is 1.47 bits per heavy atom. The summed E-state index contributed by atoms with van der Waals surface area (Å²) in [5.74, 6) is 0.340. The zero-order valence-corrected chi connectivity index (χ0v) is 8.95. The van der Waals surface area contributed by atoms with Crippen LogP contribution in [0.15, 0.2) is 0 Å². The number of hydrogen-bond acceptors (Lipinski definition) is 4. The van der Waals surface area contributed by atoms with Crippen LogP contribution in [0.5, 0.6) is 0 Å². The van der Waals surface area contributed by atoms with E-state index in [0.29, 0.717) is 19.1 Å². The molecular weight excluding hydrogens is 192 g/mol. The smallest absolute Gasteiger partial charge is 0.130 e. The SMILES string of the molecule is N#CC(N)(COCC1CCCO1)C1CC1. The summed E-state index contributed by atoms with van der Waals surface area (Å²) in [4.78, 5) is 0. The molecule has 0 aromatic heterocycles. The zero-order valence-electron chi connectivity index (χ0n) is 8.95. The van der Waals surface area contributed by atoms with Crippen LogP contribution in [0.25, 0.3) is 0 Å². The maximum absolute atomic E-state index is 9.00. The third kappa shape index (κ3) is 2.69. The molecule has 0 radical (unpaired) electrons. The molecule has 0 aromatic rings. The minimum absolute atomic E-state index is 0.215. The second-order valence-corrected chi connectivity index (χ2v) is 4.58. The first kappa shape index (κ1) is 10.9. The molecule has 1 heterocycles. The average molecular weight is 210 g/mol. The molecule has 0 amide bonds. The molecule has 2 unspecified atom stereocenters. The van der Waals surface area contributed by atoms with Gasteiger partial charge in [0.1, 0.15) is 5.54 Å². The lowest BCUT2D eigenvalue weighted by atomic mass is 9.98. The summed E-state index contributed by atoms with van der Waals surface area (Å²) in [6.45, 7) is 1.75. The van der Waals surface area contributed by atoms with Crippen LogP contribution in [0.4, 0.5) is 0 Å². The number of nitrogens with zero attached hydrogens (tertiary/aromatic N) is 1. The van der Waals surface area contributed by atoms with E-state index < -0.39 is 5.54 Å². The van der Waals surface area contributed by atoms with E-state index in [1.807, 2.05) is 0 Å². The molecule has 2 N–H and O–H groups in total. The molecule has 2 atom stereocenters. The molecule has 0 spiro atoms. The lowest BCUT2D eigenvalue weighted by molar-refractivity contribution is 0.00438. The fourth-order valence-corrected chi connectivity index (χ4v) is 1.97. The van der Waals surface area contributed by atoms with Crippen molar-refractivity contribution in [3.05, 3.63) is 0 Å². The Labute approximate surface area is 90.3 Å². The van der Waals surface area contributed by atoms with Crippen LogP contribution in [-0.2, 0) is 9.47 Å². The van der Waals surface area contributed by atoms with Crippen molar-refractivity contribution in [1.82, 2.24) is 0 Å². The molecule has 84 valence electrons.